The summed E-state index contributed by atoms with van der Waals surface area (Å²) in [6.45, 7) is 0. The van der Waals surface area contributed by atoms with E-state index in [9.17, 15) is 14.7 Å². The molecule has 6 nitrogen and oxygen atoms in total. The Hall–Kier alpha value is -2.55. The maximum absolute atomic E-state index is 11.2. The molecule has 0 atom stereocenters. The first-order valence-electron chi connectivity index (χ1n) is 4.10. The number of phenolic OH excluding ortho intramolecular Hbond substituents is 1. The molecule has 0 saturated heterocycles. The van der Waals surface area contributed by atoms with Crippen LogP contribution in [0.2, 0.25) is 0 Å². The fourth-order valence-corrected chi connectivity index (χ4v) is 1.12. The fourth-order valence-electron chi connectivity index (χ4n) is 1.12. The molecule has 6 heteroatoms. The highest BCUT2D eigenvalue weighted by Gasteiger charge is 2.21. The van der Waals surface area contributed by atoms with Crippen molar-refractivity contribution in [3.8, 4) is 17.6 Å². The Morgan fingerprint density at radius 2 is 2.06 bits per heavy atom. The number of ether oxygens (including phenoxy) is 1. The number of hydrogen-bond donors (Lipinski definition) is 2. The maximum atomic E-state index is 11.2. The number of nitrogens with zero attached hydrogens (tertiary/aromatic N) is 1. The number of phenols is 1. The third-order valence-electron chi connectivity index (χ3n) is 1.88. The lowest BCUT2D eigenvalue weighted by atomic mass is 10.1. The first kappa shape index (κ1) is 11.5. The van der Waals surface area contributed by atoms with Gasteiger partial charge in [0.25, 0.3) is 5.78 Å². The van der Waals surface area contributed by atoms with Crippen LogP contribution in [0.15, 0.2) is 12.1 Å². The van der Waals surface area contributed by atoms with Crippen LogP contribution in [0.4, 0.5) is 0 Å². The molecule has 0 bridgehead atoms. The molecular weight excluding hydrogens is 214 g/mol. The Morgan fingerprint density at radius 1 is 1.44 bits per heavy atom. The molecule has 0 saturated carbocycles. The molecule has 0 unspecified atom stereocenters. The van der Waals surface area contributed by atoms with Crippen molar-refractivity contribution >= 4 is 11.8 Å². The first-order valence-corrected chi connectivity index (χ1v) is 4.10. The summed E-state index contributed by atoms with van der Waals surface area (Å²) >= 11 is 0. The van der Waals surface area contributed by atoms with Gasteiger partial charge in [-0.15, -0.1) is 0 Å². The van der Waals surface area contributed by atoms with Crippen molar-refractivity contribution in [3.63, 3.8) is 0 Å². The molecule has 0 spiro atoms. The molecule has 1 rings (SSSR count). The number of carboxylic acids is 1. The van der Waals surface area contributed by atoms with Crippen molar-refractivity contribution in [3.05, 3.63) is 23.3 Å². The van der Waals surface area contributed by atoms with Crippen molar-refractivity contribution in [2.75, 3.05) is 7.11 Å². The van der Waals surface area contributed by atoms with Crippen LogP contribution in [0.1, 0.15) is 15.9 Å². The number of aliphatic carboxylic acids is 1. The largest absolute Gasteiger partial charge is 0.506 e. The normalized spacial score (nSPS) is 9.25. The van der Waals surface area contributed by atoms with E-state index in [0.29, 0.717) is 0 Å². The highest BCUT2D eigenvalue weighted by atomic mass is 16.5. The third-order valence-corrected chi connectivity index (χ3v) is 1.88. The second kappa shape index (κ2) is 4.31. The number of rotatable bonds is 3. The monoisotopic (exact) mass is 221 g/mol. The molecule has 0 aliphatic rings. The number of methoxy groups -OCH3 is 1. The number of carboxylic acid groups (broad SMARTS) is 1. The van der Waals surface area contributed by atoms with Gasteiger partial charge in [-0.1, -0.05) is 0 Å². The molecule has 1 aromatic rings. The van der Waals surface area contributed by atoms with Gasteiger partial charge in [0.1, 0.15) is 17.6 Å². The maximum Gasteiger partial charge on any atom is 0.377 e. The van der Waals surface area contributed by atoms with Crippen molar-refractivity contribution in [1.82, 2.24) is 0 Å². The molecule has 0 fully saturated rings. The fraction of sp³-hybridized carbons (Fsp3) is 0.100. The van der Waals surface area contributed by atoms with E-state index in [0.717, 1.165) is 12.1 Å². The molecule has 0 aromatic heterocycles. The summed E-state index contributed by atoms with van der Waals surface area (Å²) in [5.74, 6) is -3.33. The summed E-state index contributed by atoms with van der Waals surface area (Å²) in [6.07, 6.45) is 0. The van der Waals surface area contributed by atoms with E-state index in [-0.39, 0.29) is 22.6 Å². The van der Waals surface area contributed by atoms with E-state index in [1.165, 1.54) is 7.11 Å². The number of nitriles is 1. The minimum atomic E-state index is -1.66. The number of carbonyl (C=O) groups is 2. The number of benzene rings is 1. The Kier molecular flexibility index (Phi) is 3.11. The average molecular weight is 221 g/mol. The van der Waals surface area contributed by atoms with Crippen LogP contribution in [0, 0.1) is 11.3 Å². The summed E-state index contributed by atoms with van der Waals surface area (Å²) in [5.41, 5.74) is -0.463. The van der Waals surface area contributed by atoms with Crippen molar-refractivity contribution in [1.29, 1.82) is 5.26 Å². The zero-order valence-electron chi connectivity index (χ0n) is 8.22. The van der Waals surface area contributed by atoms with E-state index in [4.69, 9.17) is 15.1 Å². The van der Waals surface area contributed by atoms with Crippen LogP contribution in [-0.4, -0.2) is 29.1 Å². The van der Waals surface area contributed by atoms with E-state index in [1.54, 1.807) is 6.07 Å². The predicted molar refractivity (Wildman–Crippen MR) is 51.3 cm³/mol. The molecule has 0 amide bonds. The number of Topliss-reactive ketones (excluding diaryl/α,β-unsaturated/α-hetero) is 1. The Balaban J connectivity index is 3.43. The van der Waals surface area contributed by atoms with Gasteiger partial charge in [-0.3, -0.25) is 4.79 Å². The first-order chi connectivity index (χ1) is 7.51. The summed E-state index contributed by atoms with van der Waals surface area (Å²) in [6, 6.07) is 3.63. The number of aromatic hydroxyl groups is 1. The SMILES string of the molecule is COc1cc(O)c(C#N)cc1C(=O)C(=O)O. The van der Waals surface area contributed by atoms with E-state index < -0.39 is 11.8 Å². The van der Waals surface area contributed by atoms with Crippen LogP contribution in [0.3, 0.4) is 0 Å². The quantitative estimate of drug-likeness (QED) is 0.569. The van der Waals surface area contributed by atoms with Gasteiger partial charge in [-0.2, -0.15) is 5.26 Å². The van der Waals surface area contributed by atoms with Gasteiger partial charge >= 0.3 is 5.97 Å². The van der Waals surface area contributed by atoms with Crippen LogP contribution in [0.5, 0.6) is 11.5 Å². The highest BCUT2D eigenvalue weighted by Crippen LogP contribution is 2.28. The number of hydrogen-bond acceptors (Lipinski definition) is 5. The summed E-state index contributed by atoms with van der Waals surface area (Å²) in [7, 11) is 1.22. The van der Waals surface area contributed by atoms with E-state index >= 15 is 0 Å². The molecular formula is C10H7NO5. The minimum Gasteiger partial charge on any atom is -0.506 e. The number of ketones is 1. The zero-order valence-corrected chi connectivity index (χ0v) is 8.22. The van der Waals surface area contributed by atoms with Gasteiger partial charge in [0, 0.05) is 6.07 Å². The lowest BCUT2D eigenvalue weighted by molar-refractivity contribution is -0.131. The van der Waals surface area contributed by atoms with Gasteiger partial charge in [0.05, 0.1) is 18.2 Å². The van der Waals surface area contributed by atoms with Gasteiger partial charge in [0.15, 0.2) is 0 Å². The lowest BCUT2D eigenvalue weighted by Crippen LogP contribution is -2.14. The van der Waals surface area contributed by atoms with Crippen molar-refractivity contribution < 1.29 is 24.5 Å². The van der Waals surface area contributed by atoms with Crippen LogP contribution >= 0.6 is 0 Å². The predicted octanol–water partition coefficient (Wildman–Crippen LogP) is 0.540. The van der Waals surface area contributed by atoms with Crippen molar-refractivity contribution in [2.24, 2.45) is 0 Å². The van der Waals surface area contributed by atoms with E-state index in [2.05, 4.69) is 0 Å². The highest BCUT2D eigenvalue weighted by molar-refractivity contribution is 6.40. The summed E-state index contributed by atoms with van der Waals surface area (Å²) in [5, 5.41) is 26.5. The molecule has 2 N–H and O–H groups in total. The standard InChI is InChI=1S/C10H7NO5/c1-16-8-3-7(12)5(4-11)2-6(8)9(13)10(14)15/h2-3,12H,1H3,(H,14,15). The second-order valence-electron chi connectivity index (χ2n) is 2.82. The lowest BCUT2D eigenvalue weighted by Gasteiger charge is -2.07. The van der Waals surface area contributed by atoms with Gasteiger partial charge in [-0.05, 0) is 6.07 Å². The molecule has 0 heterocycles. The molecule has 0 aliphatic heterocycles. The molecule has 1 aromatic carbocycles. The Bertz CT molecular complexity index is 501. The molecule has 16 heavy (non-hydrogen) atoms. The minimum absolute atomic E-state index is 0.0936. The van der Waals surface area contributed by atoms with Gasteiger partial charge in [0.2, 0.25) is 0 Å². The van der Waals surface area contributed by atoms with E-state index in [1.807, 2.05) is 0 Å². The molecule has 0 radical (unpaired) electrons. The van der Waals surface area contributed by atoms with Crippen LogP contribution in [-0.2, 0) is 4.79 Å². The summed E-state index contributed by atoms with van der Waals surface area (Å²) < 4.78 is 4.74. The Morgan fingerprint density at radius 3 is 2.50 bits per heavy atom. The molecule has 0 aliphatic carbocycles. The smallest absolute Gasteiger partial charge is 0.377 e. The topological polar surface area (TPSA) is 108 Å². The Labute approximate surface area is 90.3 Å². The summed E-state index contributed by atoms with van der Waals surface area (Å²) in [4.78, 5) is 21.7. The average Bonchev–Trinajstić information content (AvgIpc) is 2.27. The molecule has 82 valence electrons. The van der Waals surface area contributed by atoms with Crippen LogP contribution in [0.25, 0.3) is 0 Å². The van der Waals surface area contributed by atoms with Gasteiger partial charge < -0.3 is 14.9 Å². The van der Waals surface area contributed by atoms with Gasteiger partial charge in [-0.25, -0.2) is 4.79 Å². The zero-order chi connectivity index (χ0) is 12.3. The second-order valence-corrected chi connectivity index (χ2v) is 2.82. The van der Waals surface area contributed by atoms with Crippen molar-refractivity contribution in [2.45, 2.75) is 0 Å². The third kappa shape index (κ3) is 1.93. The number of carbonyl (C=O) groups excluding carboxylic acids is 1. The van der Waals surface area contributed by atoms with Crippen LogP contribution < -0.4 is 4.74 Å².